The Bertz CT molecular complexity index is 1010. The molecule has 2 atom stereocenters. The fourth-order valence-corrected chi connectivity index (χ4v) is 4.18. The van der Waals surface area contributed by atoms with E-state index in [0.29, 0.717) is 5.56 Å². The highest BCUT2D eigenvalue weighted by Gasteiger charge is 2.47. The Kier molecular flexibility index (Phi) is 5.41. The number of ether oxygens (including phenoxy) is 1. The van der Waals surface area contributed by atoms with Crippen LogP contribution in [0, 0.1) is 0 Å². The Labute approximate surface area is 178 Å². The molecule has 3 aromatic carbocycles. The molecule has 1 aliphatic heterocycles. The number of fused-ring (bicyclic) bond motifs is 1. The predicted molar refractivity (Wildman–Crippen MR) is 115 cm³/mol. The van der Waals surface area contributed by atoms with E-state index < -0.39 is 11.8 Å². The second kappa shape index (κ2) is 7.99. The number of nitrogens with one attached hydrogen (secondary N) is 1. The minimum atomic E-state index is -1.60. The van der Waals surface area contributed by atoms with Gasteiger partial charge in [0, 0.05) is 15.7 Å². The van der Waals surface area contributed by atoms with Gasteiger partial charge in [-0.2, -0.15) is 0 Å². The van der Waals surface area contributed by atoms with Gasteiger partial charge < -0.3 is 15.2 Å². The summed E-state index contributed by atoms with van der Waals surface area (Å²) < 4.78 is 5.87. The zero-order chi connectivity index (χ0) is 20.4. The second-order valence-electron chi connectivity index (χ2n) is 6.91. The maximum atomic E-state index is 12.3. The first-order valence-electron chi connectivity index (χ1n) is 9.27. The lowest BCUT2D eigenvalue weighted by Gasteiger charge is -2.49. The molecule has 4 rings (SSSR count). The van der Waals surface area contributed by atoms with E-state index in [1.54, 1.807) is 4.90 Å². The van der Waals surface area contributed by atoms with Crippen LogP contribution in [0.5, 0.6) is 0 Å². The largest absolute Gasteiger partial charge is 0.468 e. The average Bonchev–Trinajstić information content (AvgIpc) is 2.76. The summed E-state index contributed by atoms with van der Waals surface area (Å²) in [5.41, 5.74) is 3.36. The Morgan fingerprint density at radius 1 is 1.10 bits per heavy atom. The highest BCUT2D eigenvalue weighted by atomic mass is 79.9. The van der Waals surface area contributed by atoms with Gasteiger partial charge in [0.25, 0.3) is 0 Å². The normalized spacial score (nSPS) is 21.1. The molecule has 1 heterocycles. The second-order valence-corrected chi connectivity index (χ2v) is 7.83. The maximum Gasteiger partial charge on any atom is 0.320 e. The molecule has 0 aliphatic carbocycles. The van der Waals surface area contributed by atoms with E-state index in [-0.39, 0.29) is 12.6 Å². The molecule has 2 N–H and O–H groups in total. The van der Waals surface area contributed by atoms with Crippen LogP contribution in [0.15, 0.2) is 83.3 Å². The highest BCUT2D eigenvalue weighted by Crippen LogP contribution is 2.46. The number of anilines is 1. The highest BCUT2D eigenvalue weighted by molar-refractivity contribution is 9.10. The first-order chi connectivity index (χ1) is 14.0. The maximum absolute atomic E-state index is 12.3. The zero-order valence-corrected chi connectivity index (χ0v) is 17.5. The molecule has 148 valence electrons. The molecule has 0 unspecified atom stereocenters. The van der Waals surface area contributed by atoms with Gasteiger partial charge in [-0.25, -0.2) is 4.90 Å². The van der Waals surface area contributed by atoms with Gasteiger partial charge in [-0.1, -0.05) is 76.6 Å². The van der Waals surface area contributed by atoms with E-state index in [4.69, 9.17) is 4.74 Å². The summed E-state index contributed by atoms with van der Waals surface area (Å²) in [6.07, 6.45) is 0. The zero-order valence-electron chi connectivity index (χ0n) is 15.9. The van der Waals surface area contributed by atoms with Crippen molar-refractivity contribution in [2.45, 2.75) is 11.9 Å². The molecule has 0 radical (unpaired) electrons. The summed E-state index contributed by atoms with van der Waals surface area (Å²) in [5, 5.41) is 15.1. The lowest BCUT2D eigenvalue weighted by molar-refractivity contribution is -0.157. The number of hydrogen-bond acceptors (Lipinski definition) is 5. The summed E-state index contributed by atoms with van der Waals surface area (Å²) in [6, 6.07) is 24.6. The Hall–Kier alpha value is -2.67. The third-order valence-electron chi connectivity index (χ3n) is 5.16. The molecule has 0 amide bonds. The molecule has 1 aliphatic rings. The van der Waals surface area contributed by atoms with Gasteiger partial charge in [-0.15, -0.1) is 0 Å². The first-order valence-corrected chi connectivity index (χ1v) is 10.1. The minimum Gasteiger partial charge on any atom is -0.468 e. The number of nitrogens with zero attached hydrogens (tertiary/aromatic N) is 1. The van der Waals surface area contributed by atoms with Crippen LogP contribution in [0.2, 0.25) is 0 Å². The third-order valence-corrected chi connectivity index (χ3v) is 5.66. The molecule has 0 fully saturated rings. The first kappa shape index (κ1) is 19.6. The standard InChI is InChI=1S/C23H21BrN2O3/c1-29-21(27)15-26-22(16-8-4-2-5-9-16)19-14-18(24)12-13-20(19)25-23(26,28)17-10-6-3-7-11-17/h2-14,22,25,28H,15H2,1H3/t22-,23-/m0/s1. The van der Waals surface area contributed by atoms with Gasteiger partial charge in [0.1, 0.15) is 6.54 Å². The summed E-state index contributed by atoms with van der Waals surface area (Å²) in [4.78, 5) is 14.1. The van der Waals surface area contributed by atoms with Gasteiger partial charge in [0.15, 0.2) is 0 Å². The predicted octanol–water partition coefficient (Wildman–Crippen LogP) is 4.24. The number of esters is 1. The van der Waals surface area contributed by atoms with Crippen molar-refractivity contribution in [1.29, 1.82) is 0 Å². The SMILES string of the molecule is COC(=O)CN1[C@@H](c2ccccc2)c2cc(Br)ccc2N[C@@]1(O)c1ccccc1. The van der Waals surface area contributed by atoms with Crippen LogP contribution < -0.4 is 5.32 Å². The molecular weight excluding hydrogens is 432 g/mol. The lowest BCUT2D eigenvalue weighted by atomic mass is 9.90. The molecular formula is C23H21BrN2O3. The molecule has 5 nitrogen and oxygen atoms in total. The quantitative estimate of drug-likeness (QED) is 0.579. The van der Waals surface area contributed by atoms with Gasteiger partial charge in [0.2, 0.25) is 5.85 Å². The van der Waals surface area contributed by atoms with Crippen molar-refractivity contribution in [3.63, 3.8) is 0 Å². The van der Waals surface area contributed by atoms with Crippen molar-refractivity contribution in [2.75, 3.05) is 19.0 Å². The molecule has 0 saturated carbocycles. The van der Waals surface area contributed by atoms with E-state index in [1.165, 1.54) is 7.11 Å². The van der Waals surface area contributed by atoms with Crippen LogP contribution in [0.3, 0.4) is 0 Å². The van der Waals surface area contributed by atoms with Crippen LogP contribution >= 0.6 is 15.9 Å². The molecule has 0 saturated heterocycles. The van der Waals surface area contributed by atoms with Crippen LogP contribution in [0.1, 0.15) is 22.7 Å². The summed E-state index contributed by atoms with van der Waals surface area (Å²) in [5.74, 6) is -2.03. The van der Waals surface area contributed by atoms with Crippen molar-refractivity contribution >= 4 is 27.6 Å². The number of methoxy groups -OCH3 is 1. The molecule has 0 spiro atoms. The summed E-state index contributed by atoms with van der Waals surface area (Å²) >= 11 is 3.55. The van der Waals surface area contributed by atoms with Crippen LogP contribution in [-0.2, 0) is 15.4 Å². The lowest BCUT2D eigenvalue weighted by Crippen LogP contribution is -2.58. The monoisotopic (exact) mass is 452 g/mol. The molecule has 29 heavy (non-hydrogen) atoms. The van der Waals surface area contributed by atoms with Crippen molar-refractivity contribution in [2.24, 2.45) is 0 Å². The number of aliphatic hydroxyl groups is 1. The van der Waals surface area contributed by atoms with E-state index in [2.05, 4.69) is 21.2 Å². The molecule has 3 aromatic rings. The van der Waals surface area contributed by atoms with Gasteiger partial charge in [-0.3, -0.25) is 4.79 Å². The van der Waals surface area contributed by atoms with E-state index >= 15 is 0 Å². The number of carbonyl (C=O) groups excluding carboxylic acids is 1. The number of rotatable bonds is 4. The van der Waals surface area contributed by atoms with Crippen molar-refractivity contribution in [1.82, 2.24) is 4.90 Å². The van der Waals surface area contributed by atoms with Crippen LogP contribution in [0.4, 0.5) is 5.69 Å². The molecule has 6 heteroatoms. The number of halogens is 1. The smallest absolute Gasteiger partial charge is 0.320 e. The summed E-state index contributed by atoms with van der Waals surface area (Å²) in [6.45, 7) is -0.0968. The van der Waals surface area contributed by atoms with Crippen molar-refractivity contribution < 1.29 is 14.6 Å². The number of carbonyl (C=O) groups is 1. The topological polar surface area (TPSA) is 61.8 Å². The third kappa shape index (κ3) is 3.67. The van der Waals surface area contributed by atoms with Gasteiger partial charge in [-0.05, 0) is 29.3 Å². The average molecular weight is 453 g/mol. The van der Waals surface area contributed by atoms with E-state index in [9.17, 15) is 9.90 Å². The van der Waals surface area contributed by atoms with Gasteiger partial charge >= 0.3 is 5.97 Å². The van der Waals surface area contributed by atoms with Crippen molar-refractivity contribution in [3.8, 4) is 0 Å². The van der Waals surface area contributed by atoms with Crippen molar-refractivity contribution in [3.05, 3.63) is 100 Å². The van der Waals surface area contributed by atoms with E-state index in [1.807, 2.05) is 78.9 Å². The van der Waals surface area contributed by atoms with Crippen LogP contribution in [-0.4, -0.2) is 29.6 Å². The Morgan fingerprint density at radius 2 is 1.76 bits per heavy atom. The fourth-order valence-electron chi connectivity index (χ4n) is 3.80. The summed E-state index contributed by atoms with van der Waals surface area (Å²) in [7, 11) is 1.35. The van der Waals surface area contributed by atoms with E-state index in [0.717, 1.165) is 21.3 Å². The number of benzene rings is 3. The Morgan fingerprint density at radius 3 is 2.41 bits per heavy atom. The molecule has 0 bridgehead atoms. The van der Waals surface area contributed by atoms with Gasteiger partial charge in [0.05, 0.1) is 13.2 Å². The van der Waals surface area contributed by atoms with Crippen LogP contribution in [0.25, 0.3) is 0 Å². The minimum absolute atomic E-state index is 0.0968. The fraction of sp³-hybridized carbons (Fsp3) is 0.174. The Balaban J connectivity index is 1.95. The molecule has 0 aromatic heterocycles. The number of hydrogen-bond donors (Lipinski definition) is 2.